The van der Waals surface area contributed by atoms with E-state index >= 15 is 0 Å². The summed E-state index contributed by atoms with van der Waals surface area (Å²) in [6.07, 6.45) is 2.32. The number of nitro groups is 1. The molecule has 4 atom stereocenters. The van der Waals surface area contributed by atoms with Crippen LogP contribution in [-0.4, -0.2) is 54.3 Å². The quantitative estimate of drug-likeness (QED) is 0.260. The number of pyridine rings is 1. The maximum absolute atomic E-state index is 12.1. The maximum atomic E-state index is 12.1. The molecule has 0 aromatic carbocycles. The summed E-state index contributed by atoms with van der Waals surface area (Å²) in [5, 5.41) is 23.3. The van der Waals surface area contributed by atoms with Crippen molar-refractivity contribution in [3.8, 4) is 0 Å². The average molecular weight is 513 g/mol. The van der Waals surface area contributed by atoms with Gasteiger partial charge in [0.15, 0.2) is 16.6 Å². The Hall–Kier alpha value is -1.18. The van der Waals surface area contributed by atoms with Crippen LogP contribution in [0.3, 0.4) is 0 Å². The van der Waals surface area contributed by atoms with Crippen LogP contribution in [0.5, 0.6) is 0 Å². The van der Waals surface area contributed by atoms with Crippen LogP contribution < -0.4 is 0 Å². The highest BCUT2D eigenvalue weighted by molar-refractivity contribution is 6.74. The molecule has 0 amide bonds. The van der Waals surface area contributed by atoms with E-state index < -0.39 is 45.5 Å². The van der Waals surface area contributed by atoms with E-state index in [1.165, 1.54) is 12.4 Å². The molecule has 2 heterocycles. The zero-order chi connectivity index (χ0) is 26.3. The molecule has 1 fully saturated rings. The van der Waals surface area contributed by atoms with Crippen molar-refractivity contribution < 1.29 is 24.0 Å². The fourth-order valence-corrected chi connectivity index (χ4v) is 6.07. The van der Waals surface area contributed by atoms with Crippen molar-refractivity contribution in [2.24, 2.45) is 0 Å². The van der Waals surface area contributed by atoms with Crippen molar-refractivity contribution in [3.05, 3.63) is 34.1 Å². The molecular formula is C24H44N2O6Si2. The fraction of sp³-hybridized carbons (Fsp3) is 0.792. The van der Waals surface area contributed by atoms with Gasteiger partial charge in [0.2, 0.25) is 0 Å². The first-order chi connectivity index (χ1) is 15.2. The standard InChI is InChI=1S/C24H44N2O6Si2/c1-17-24(27,13-12-23(5,6)33(7,8)30)21(32-34(9,10)22(2,3)4)15-20(31-17)18-11-14-25-16-19(18)26(28)29/h11,14,16-17,20-21,27,30H,12-13,15H2,1-10H3/t17-,20-,21-,24-/m1/s1. The van der Waals surface area contributed by atoms with Gasteiger partial charge in [0.05, 0.1) is 28.8 Å². The van der Waals surface area contributed by atoms with Crippen LogP contribution in [0.4, 0.5) is 5.69 Å². The second kappa shape index (κ2) is 9.70. The molecule has 194 valence electrons. The van der Waals surface area contributed by atoms with Crippen LogP contribution >= 0.6 is 0 Å². The zero-order valence-corrected chi connectivity index (χ0v) is 24.5. The van der Waals surface area contributed by atoms with E-state index in [1.807, 2.05) is 33.9 Å². The minimum absolute atomic E-state index is 0.0765. The Balaban J connectivity index is 2.47. The zero-order valence-electron chi connectivity index (χ0n) is 22.5. The van der Waals surface area contributed by atoms with Crippen molar-refractivity contribution in [3.63, 3.8) is 0 Å². The van der Waals surface area contributed by atoms with Crippen molar-refractivity contribution in [1.82, 2.24) is 4.98 Å². The number of hydrogen-bond donors (Lipinski definition) is 2. The highest BCUT2D eigenvalue weighted by atomic mass is 28.4. The molecule has 1 aliphatic rings. The number of aliphatic hydroxyl groups is 1. The molecule has 34 heavy (non-hydrogen) atoms. The summed E-state index contributed by atoms with van der Waals surface area (Å²) in [5.41, 5.74) is -0.933. The number of ether oxygens (including phenoxy) is 1. The number of rotatable bonds is 8. The van der Waals surface area contributed by atoms with Gasteiger partial charge in [0.1, 0.15) is 11.8 Å². The second-order valence-electron chi connectivity index (χ2n) is 12.5. The summed E-state index contributed by atoms with van der Waals surface area (Å²) >= 11 is 0. The van der Waals surface area contributed by atoms with E-state index in [1.54, 1.807) is 6.07 Å². The Morgan fingerprint density at radius 3 is 2.35 bits per heavy atom. The summed E-state index contributed by atoms with van der Waals surface area (Å²) < 4.78 is 13.1. The first kappa shape index (κ1) is 29.1. The summed E-state index contributed by atoms with van der Waals surface area (Å²) in [6, 6.07) is 1.62. The van der Waals surface area contributed by atoms with Gasteiger partial charge in [-0.15, -0.1) is 0 Å². The largest absolute Gasteiger partial charge is 0.432 e. The lowest BCUT2D eigenvalue weighted by Crippen LogP contribution is -2.61. The third-order valence-corrected chi connectivity index (χ3v) is 16.5. The van der Waals surface area contributed by atoms with Gasteiger partial charge in [-0.3, -0.25) is 15.1 Å². The number of nitrogens with zero attached hydrogens (tertiary/aromatic N) is 2. The van der Waals surface area contributed by atoms with E-state index in [4.69, 9.17) is 9.16 Å². The van der Waals surface area contributed by atoms with Gasteiger partial charge in [-0.25, -0.2) is 0 Å². The van der Waals surface area contributed by atoms with Crippen LogP contribution in [0.2, 0.25) is 36.3 Å². The molecule has 0 saturated carbocycles. The van der Waals surface area contributed by atoms with E-state index in [2.05, 4.69) is 38.8 Å². The third-order valence-electron chi connectivity index (χ3n) is 8.48. The maximum Gasteiger partial charge on any atom is 0.293 e. The van der Waals surface area contributed by atoms with Gasteiger partial charge < -0.3 is 19.1 Å². The molecule has 2 N–H and O–H groups in total. The predicted octanol–water partition coefficient (Wildman–Crippen LogP) is 5.72. The summed E-state index contributed by atoms with van der Waals surface area (Å²) in [7, 11) is -4.77. The molecule has 0 radical (unpaired) electrons. The summed E-state index contributed by atoms with van der Waals surface area (Å²) in [5.74, 6) is 0. The van der Waals surface area contributed by atoms with Crippen molar-refractivity contribution in [2.75, 3.05) is 0 Å². The summed E-state index contributed by atoms with van der Waals surface area (Å²) in [4.78, 5) is 25.9. The first-order valence-corrected chi connectivity index (χ1v) is 17.9. The van der Waals surface area contributed by atoms with Crippen molar-refractivity contribution in [2.45, 2.75) is 121 Å². The minimum atomic E-state index is -2.48. The molecule has 1 aromatic rings. The van der Waals surface area contributed by atoms with Crippen LogP contribution in [0.15, 0.2) is 18.5 Å². The Bertz CT molecular complexity index is 881. The lowest BCUT2D eigenvalue weighted by Gasteiger charge is -2.52. The lowest BCUT2D eigenvalue weighted by molar-refractivity contribution is -0.387. The van der Waals surface area contributed by atoms with Crippen LogP contribution in [-0.2, 0) is 9.16 Å². The number of aromatic nitrogens is 1. The van der Waals surface area contributed by atoms with Crippen LogP contribution in [0, 0.1) is 10.1 Å². The minimum Gasteiger partial charge on any atom is -0.432 e. The van der Waals surface area contributed by atoms with E-state index in [0.29, 0.717) is 24.8 Å². The second-order valence-corrected chi connectivity index (χ2v) is 21.7. The molecule has 1 aromatic heterocycles. The summed E-state index contributed by atoms with van der Waals surface area (Å²) in [6.45, 7) is 20.5. The highest BCUT2D eigenvalue weighted by Gasteiger charge is 2.54. The van der Waals surface area contributed by atoms with Gasteiger partial charge >= 0.3 is 0 Å². The van der Waals surface area contributed by atoms with E-state index in [9.17, 15) is 20.0 Å². The Labute approximate surface area is 206 Å². The predicted molar refractivity (Wildman–Crippen MR) is 139 cm³/mol. The molecule has 0 bridgehead atoms. The van der Waals surface area contributed by atoms with Gasteiger partial charge in [0, 0.05) is 12.6 Å². The molecular weight excluding hydrogens is 468 g/mol. The SMILES string of the molecule is C[C@H]1O[C@@H](c2ccncc2[N+](=O)[O-])C[C@@H](O[Si](C)(C)C(C)(C)C)[C@@]1(O)CCC(C)(C)[Si](C)(C)O. The van der Waals surface area contributed by atoms with Crippen molar-refractivity contribution in [1.29, 1.82) is 0 Å². The third kappa shape index (κ3) is 5.96. The van der Waals surface area contributed by atoms with Crippen LogP contribution in [0.25, 0.3) is 0 Å². The Morgan fingerprint density at radius 1 is 1.26 bits per heavy atom. The van der Waals surface area contributed by atoms with E-state index in [-0.39, 0.29) is 15.8 Å². The molecule has 1 aliphatic heterocycles. The van der Waals surface area contributed by atoms with E-state index in [0.717, 1.165) is 0 Å². The fourth-order valence-electron chi connectivity index (χ4n) is 3.97. The molecule has 2 rings (SSSR count). The molecule has 0 aliphatic carbocycles. The molecule has 1 saturated heterocycles. The normalized spacial score (nSPS) is 27.0. The topological polar surface area (TPSA) is 115 Å². The average Bonchev–Trinajstić information content (AvgIpc) is 2.68. The van der Waals surface area contributed by atoms with Gasteiger partial charge in [-0.05, 0) is 62.1 Å². The highest BCUT2D eigenvalue weighted by Crippen LogP contribution is 2.49. The molecule has 10 heteroatoms. The van der Waals surface area contributed by atoms with Gasteiger partial charge in [-0.2, -0.15) is 0 Å². The smallest absolute Gasteiger partial charge is 0.293 e. The molecule has 0 spiro atoms. The molecule has 8 nitrogen and oxygen atoms in total. The first-order valence-electron chi connectivity index (χ1n) is 12.1. The van der Waals surface area contributed by atoms with Crippen LogP contribution in [0.1, 0.15) is 72.5 Å². The molecule has 0 unspecified atom stereocenters. The Morgan fingerprint density at radius 2 is 1.85 bits per heavy atom. The lowest BCUT2D eigenvalue weighted by atomic mass is 9.78. The van der Waals surface area contributed by atoms with Gasteiger partial charge in [-0.1, -0.05) is 34.6 Å². The van der Waals surface area contributed by atoms with Crippen molar-refractivity contribution >= 4 is 22.3 Å². The van der Waals surface area contributed by atoms with Gasteiger partial charge in [0.25, 0.3) is 5.69 Å². The monoisotopic (exact) mass is 512 g/mol. The Kier molecular flexibility index (Phi) is 8.29. The number of hydrogen-bond acceptors (Lipinski definition) is 7.